The highest BCUT2D eigenvalue weighted by molar-refractivity contribution is 5.87. The molecule has 5 heteroatoms. The van der Waals surface area contributed by atoms with Crippen LogP contribution >= 0.6 is 0 Å². The van der Waals surface area contributed by atoms with E-state index >= 15 is 0 Å². The standard InChI is InChI=1S/C35H43NO4/c1-9-31(18-14-27(6)12-10-22-39-34(37)25(2)3)36(33-19-15-28(7)29(8)24-33)32-20-16-30(17-21-32)13-11-23-40-35(38)26(4)5/h9,14-21,24H,1-2,4,10-13,22-23H2,3,5-8H3/b27-14+,31-18+. The second kappa shape index (κ2) is 16.1. The Morgan fingerprint density at radius 1 is 0.800 bits per heavy atom. The molecule has 0 atom stereocenters. The Labute approximate surface area is 240 Å². The summed E-state index contributed by atoms with van der Waals surface area (Å²) in [5.74, 6) is -0.699. The Morgan fingerprint density at radius 2 is 1.38 bits per heavy atom. The second-order valence-electron chi connectivity index (χ2n) is 10.1. The quantitative estimate of drug-likeness (QED) is 0.0980. The number of hydrogen-bond donors (Lipinski definition) is 0. The Kier molecular flexibility index (Phi) is 12.9. The summed E-state index contributed by atoms with van der Waals surface area (Å²) in [7, 11) is 0. The molecular weight excluding hydrogens is 498 g/mol. The van der Waals surface area contributed by atoms with E-state index in [1.54, 1.807) is 13.8 Å². The average Bonchev–Trinajstić information content (AvgIpc) is 2.93. The smallest absolute Gasteiger partial charge is 0.333 e. The van der Waals surface area contributed by atoms with Crippen molar-refractivity contribution >= 4 is 23.3 Å². The molecule has 2 aromatic carbocycles. The molecule has 0 fully saturated rings. The van der Waals surface area contributed by atoms with Gasteiger partial charge in [0.05, 0.1) is 13.2 Å². The molecule has 2 rings (SSSR count). The number of anilines is 2. The van der Waals surface area contributed by atoms with Crippen molar-refractivity contribution in [1.82, 2.24) is 0 Å². The van der Waals surface area contributed by atoms with Gasteiger partial charge < -0.3 is 14.4 Å². The Bertz CT molecular complexity index is 1280. The van der Waals surface area contributed by atoms with Crippen LogP contribution in [0.1, 0.15) is 56.7 Å². The zero-order valence-corrected chi connectivity index (χ0v) is 24.7. The molecule has 0 amide bonds. The van der Waals surface area contributed by atoms with Gasteiger partial charge >= 0.3 is 11.9 Å². The number of ether oxygens (including phenoxy) is 2. The van der Waals surface area contributed by atoms with Crippen molar-refractivity contribution in [3.63, 3.8) is 0 Å². The van der Waals surface area contributed by atoms with Crippen molar-refractivity contribution in [3.8, 4) is 0 Å². The third kappa shape index (κ3) is 10.2. The number of carbonyl (C=O) groups is 2. The fourth-order valence-corrected chi connectivity index (χ4v) is 3.87. The maximum atomic E-state index is 11.6. The van der Waals surface area contributed by atoms with Crippen LogP contribution < -0.4 is 4.90 Å². The minimum absolute atomic E-state index is 0.348. The molecule has 5 nitrogen and oxygen atoms in total. The van der Waals surface area contributed by atoms with Crippen molar-refractivity contribution < 1.29 is 19.1 Å². The molecule has 40 heavy (non-hydrogen) atoms. The summed E-state index contributed by atoms with van der Waals surface area (Å²) in [5, 5.41) is 0. The van der Waals surface area contributed by atoms with Gasteiger partial charge in [0.2, 0.25) is 0 Å². The summed E-state index contributed by atoms with van der Waals surface area (Å²) in [6, 6.07) is 14.9. The lowest BCUT2D eigenvalue weighted by atomic mass is 10.1. The minimum Gasteiger partial charge on any atom is -0.462 e. The van der Waals surface area contributed by atoms with Gasteiger partial charge in [0.15, 0.2) is 0 Å². The monoisotopic (exact) mass is 541 g/mol. The van der Waals surface area contributed by atoms with Gasteiger partial charge in [-0.1, -0.05) is 49.6 Å². The number of allylic oxidation sites excluding steroid dienone is 4. The fraction of sp³-hybridized carbons (Fsp3) is 0.314. The molecule has 0 aliphatic heterocycles. The largest absolute Gasteiger partial charge is 0.462 e. The molecule has 0 radical (unpaired) electrons. The zero-order chi connectivity index (χ0) is 29.7. The maximum Gasteiger partial charge on any atom is 0.333 e. The summed E-state index contributed by atoms with van der Waals surface area (Å²) >= 11 is 0. The number of esters is 2. The van der Waals surface area contributed by atoms with E-state index in [4.69, 9.17) is 9.47 Å². The SMILES string of the molecule is C=C/C(=C\C=C(/C)CCCOC(=O)C(=C)C)N(c1ccc(CCCOC(=O)C(=C)C)cc1)c1ccc(C)c(C)c1. The van der Waals surface area contributed by atoms with Crippen molar-refractivity contribution in [1.29, 1.82) is 0 Å². The van der Waals surface area contributed by atoms with E-state index in [9.17, 15) is 9.59 Å². The molecule has 0 unspecified atom stereocenters. The van der Waals surface area contributed by atoms with Crippen LogP contribution in [0.25, 0.3) is 0 Å². The Hall–Kier alpha value is -4.12. The molecule has 0 aliphatic carbocycles. The summed E-state index contributed by atoms with van der Waals surface area (Å²) < 4.78 is 10.4. The number of nitrogens with zero attached hydrogens (tertiary/aromatic N) is 1. The third-order valence-electron chi connectivity index (χ3n) is 6.44. The second-order valence-corrected chi connectivity index (χ2v) is 10.1. The van der Waals surface area contributed by atoms with Crippen LogP contribution in [0, 0.1) is 13.8 Å². The summed E-state index contributed by atoms with van der Waals surface area (Å²) in [4.78, 5) is 25.4. The minimum atomic E-state index is -0.350. The van der Waals surface area contributed by atoms with Crippen molar-refractivity contribution in [2.45, 2.75) is 60.3 Å². The number of rotatable bonds is 15. The zero-order valence-electron chi connectivity index (χ0n) is 24.7. The summed E-state index contributed by atoms with van der Waals surface area (Å²) in [5.41, 5.74) is 8.62. The first-order chi connectivity index (χ1) is 19.0. The molecule has 0 saturated heterocycles. The Morgan fingerprint density at radius 3 is 1.93 bits per heavy atom. The van der Waals surface area contributed by atoms with Crippen molar-refractivity contribution in [3.05, 3.63) is 120 Å². The van der Waals surface area contributed by atoms with Gasteiger partial charge in [-0.05, 0) is 113 Å². The first-order valence-electron chi connectivity index (χ1n) is 13.6. The van der Waals surface area contributed by atoms with Gasteiger partial charge in [-0.15, -0.1) is 0 Å². The number of hydrogen-bond acceptors (Lipinski definition) is 5. The highest BCUT2D eigenvalue weighted by atomic mass is 16.5. The highest BCUT2D eigenvalue weighted by Crippen LogP contribution is 2.32. The van der Waals surface area contributed by atoms with Crippen LogP contribution in [0.4, 0.5) is 11.4 Å². The van der Waals surface area contributed by atoms with E-state index in [0.29, 0.717) is 24.4 Å². The normalized spacial score (nSPS) is 11.5. The first-order valence-corrected chi connectivity index (χ1v) is 13.6. The van der Waals surface area contributed by atoms with Crippen LogP contribution in [0.3, 0.4) is 0 Å². The first kappa shape index (κ1) is 32.1. The lowest BCUT2D eigenvalue weighted by Gasteiger charge is -2.27. The fourth-order valence-electron chi connectivity index (χ4n) is 3.87. The lowest BCUT2D eigenvalue weighted by Crippen LogP contribution is -2.15. The highest BCUT2D eigenvalue weighted by Gasteiger charge is 2.14. The van der Waals surface area contributed by atoms with Gasteiger partial charge in [0.25, 0.3) is 0 Å². The van der Waals surface area contributed by atoms with Gasteiger partial charge in [-0.2, -0.15) is 0 Å². The van der Waals surface area contributed by atoms with Crippen LogP contribution in [0.15, 0.2) is 103 Å². The molecular formula is C35H43NO4. The molecule has 2 aromatic rings. The van der Waals surface area contributed by atoms with E-state index in [0.717, 1.165) is 42.8 Å². The number of benzene rings is 2. The molecule has 0 saturated carbocycles. The van der Waals surface area contributed by atoms with E-state index in [-0.39, 0.29) is 11.9 Å². The predicted octanol–water partition coefficient (Wildman–Crippen LogP) is 8.41. The topological polar surface area (TPSA) is 55.8 Å². The van der Waals surface area contributed by atoms with Crippen LogP contribution in [-0.4, -0.2) is 25.2 Å². The van der Waals surface area contributed by atoms with Gasteiger partial charge in [-0.25, -0.2) is 9.59 Å². The van der Waals surface area contributed by atoms with E-state index in [1.807, 2.05) is 6.08 Å². The molecule has 212 valence electrons. The molecule has 0 heterocycles. The molecule has 0 aromatic heterocycles. The number of aryl methyl sites for hydroxylation is 3. The van der Waals surface area contributed by atoms with E-state index in [1.165, 1.54) is 22.3 Å². The van der Waals surface area contributed by atoms with Crippen LogP contribution in [0.5, 0.6) is 0 Å². The van der Waals surface area contributed by atoms with Crippen molar-refractivity contribution in [2.75, 3.05) is 18.1 Å². The Balaban J connectivity index is 2.22. The van der Waals surface area contributed by atoms with Crippen molar-refractivity contribution in [2.24, 2.45) is 0 Å². The summed E-state index contributed by atoms with van der Waals surface area (Å²) in [6.45, 7) is 21.6. The van der Waals surface area contributed by atoms with Crippen LogP contribution in [-0.2, 0) is 25.5 Å². The molecule has 0 N–H and O–H groups in total. The van der Waals surface area contributed by atoms with E-state index < -0.39 is 0 Å². The average molecular weight is 542 g/mol. The molecule has 0 aliphatic rings. The van der Waals surface area contributed by atoms with Gasteiger partial charge in [0.1, 0.15) is 0 Å². The summed E-state index contributed by atoms with van der Waals surface area (Å²) in [6.07, 6.45) is 9.12. The third-order valence-corrected chi connectivity index (χ3v) is 6.44. The lowest BCUT2D eigenvalue weighted by molar-refractivity contribution is -0.139. The van der Waals surface area contributed by atoms with Crippen LogP contribution in [0.2, 0.25) is 0 Å². The number of carbonyl (C=O) groups excluding carboxylic acids is 2. The van der Waals surface area contributed by atoms with Gasteiger partial charge in [0, 0.05) is 28.2 Å². The predicted molar refractivity (Wildman–Crippen MR) is 166 cm³/mol. The molecule has 0 bridgehead atoms. The van der Waals surface area contributed by atoms with Gasteiger partial charge in [-0.3, -0.25) is 0 Å². The molecule has 0 spiro atoms. The maximum absolute atomic E-state index is 11.6. The van der Waals surface area contributed by atoms with E-state index in [2.05, 4.69) is 100 Å².